The lowest BCUT2D eigenvalue weighted by Gasteiger charge is -2.21. The van der Waals surface area contributed by atoms with Crippen molar-refractivity contribution < 1.29 is 9.21 Å². The van der Waals surface area contributed by atoms with Crippen LogP contribution in [-0.2, 0) is 0 Å². The van der Waals surface area contributed by atoms with Crippen LogP contribution in [0.15, 0.2) is 28.7 Å². The van der Waals surface area contributed by atoms with Crippen LogP contribution in [0.3, 0.4) is 0 Å². The van der Waals surface area contributed by atoms with Gasteiger partial charge in [0.15, 0.2) is 5.89 Å². The highest BCUT2D eigenvalue weighted by Crippen LogP contribution is 2.22. The van der Waals surface area contributed by atoms with Gasteiger partial charge in [-0.15, -0.1) is 0 Å². The van der Waals surface area contributed by atoms with Gasteiger partial charge < -0.3 is 14.6 Å². The molecule has 124 valence electrons. The Bertz CT molecular complexity index is 655. The molecule has 0 saturated carbocycles. The summed E-state index contributed by atoms with van der Waals surface area (Å²) in [6, 6.07) is 7.84. The smallest absolute Gasteiger partial charge is 0.293 e. The van der Waals surface area contributed by atoms with Crippen LogP contribution in [0.5, 0.6) is 0 Å². The van der Waals surface area contributed by atoms with E-state index < -0.39 is 0 Å². The Morgan fingerprint density at radius 3 is 2.35 bits per heavy atom. The van der Waals surface area contributed by atoms with E-state index in [9.17, 15) is 4.79 Å². The maximum absolute atomic E-state index is 12.4. The van der Waals surface area contributed by atoms with Gasteiger partial charge in [-0.05, 0) is 44.0 Å². The minimum absolute atomic E-state index is 0.137. The van der Waals surface area contributed by atoms with E-state index in [2.05, 4.69) is 29.0 Å². The predicted molar refractivity (Wildman–Crippen MR) is 93.3 cm³/mol. The van der Waals surface area contributed by atoms with Gasteiger partial charge in [-0.2, -0.15) is 0 Å². The number of nitrogens with zero attached hydrogens (tertiary/aromatic N) is 2. The fraction of sp³-hybridized carbons (Fsp3) is 0.444. The Morgan fingerprint density at radius 2 is 1.83 bits per heavy atom. The van der Waals surface area contributed by atoms with Crippen molar-refractivity contribution in [1.29, 1.82) is 0 Å². The normalized spacial score (nSPS) is 10.9. The summed E-state index contributed by atoms with van der Waals surface area (Å²) < 4.78 is 5.48. The second kappa shape index (κ2) is 7.31. The maximum Gasteiger partial charge on any atom is 0.293 e. The van der Waals surface area contributed by atoms with Crippen LogP contribution in [0.2, 0.25) is 0 Å². The van der Waals surface area contributed by atoms with Crippen LogP contribution in [-0.4, -0.2) is 24.0 Å². The van der Waals surface area contributed by atoms with Crippen LogP contribution in [0, 0.1) is 6.92 Å². The number of benzene rings is 1. The molecular weight excluding hydrogens is 290 g/mol. The number of amides is 1. The van der Waals surface area contributed by atoms with Crippen LogP contribution in [0.4, 0.5) is 11.4 Å². The molecule has 2 rings (SSSR count). The summed E-state index contributed by atoms with van der Waals surface area (Å²) in [5, 5.41) is 2.88. The van der Waals surface area contributed by atoms with Crippen molar-refractivity contribution in [1.82, 2.24) is 4.98 Å². The Hall–Kier alpha value is -2.30. The second-order valence-electron chi connectivity index (χ2n) is 5.78. The van der Waals surface area contributed by atoms with Gasteiger partial charge in [0.1, 0.15) is 0 Å². The van der Waals surface area contributed by atoms with Crippen LogP contribution in [0.1, 0.15) is 55.8 Å². The van der Waals surface area contributed by atoms with Crippen molar-refractivity contribution in [3.8, 4) is 0 Å². The third kappa shape index (κ3) is 3.92. The molecule has 0 fully saturated rings. The van der Waals surface area contributed by atoms with Crippen LogP contribution < -0.4 is 10.2 Å². The van der Waals surface area contributed by atoms with E-state index in [1.807, 2.05) is 38.1 Å². The van der Waals surface area contributed by atoms with E-state index in [0.717, 1.165) is 24.5 Å². The zero-order valence-electron chi connectivity index (χ0n) is 14.5. The molecule has 1 N–H and O–H groups in total. The van der Waals surface area contributed by atoms with Crippen LogP contribution >= 0.6 is 0 Å². The quantitative estimate of drug-likeness (QED) is 0.867. The van der Waals surface area contributed by atoms with Gasteiger partial charge in [0, 0.05) is 31.4 Å². The third-order valence-electron chi connectivity index (χ3n) is 3.77. The predicted octanol–water partition coefficient (Wildman–Crippen LogP) is 4.20. The van der Waals surface area contributed by atoms with Crippen molar-refractivity contribution >= 4 is 17.3 Å². The zero-order chi connectivity index (χ0) is 17.0. The van der Waals surface area contributed by atoms with Crippen LogP contribution in [0.25, 0.3) is 0 Å². The molecule has 1 aromatic heterocycles. The molecule has 0 aliphatic carbocycles. The number of rotatable bonds is 6. The molecule has 5 nitrogen and oxygen atoms in total. The number of anilines is 2. The van der Waals surface area contributed by atoms with Crippen molar-refractivity contribution in [3.05, 3.63) is 41.6 Å². The standard InChI is InChI=1S/C18H25N3O2/c1-6-21(7-2)15-10-8-14(9-11-15)20-18(22)17-16(12(3)4)19-13(5)23-17/h8-12H,6-7H2,1-5H3,(H,20,22). The lowest BCUT2D eigenvalue weighted by atomic mass is 10.1. The SMILES string of the molecule is CCN(CC)c1ccc(NC(=O)c2oc(C)nc2C(C)C)cc1. The molecule has 0 spiro atoms. The molecule has 0 unspecified atom stereocenters. The number of hydrogen-bond acceptors (Lipinski definition) is 4. The molecule has 0 saturated heterocycles. The summed E-state index contributed by atoms with van der Waals surface area (Å²) in [5.74, 6) is 0.684. The Balaban J connectivity index is 2.15. The molecule has 1 aromatic carbocycles. The average molecular weight is 315 g/mol. The summed E-state index contributed by atoms with van der Waals surface area (Å²) in [7, 11) is 0. The summed E-state index contributed by atoms with van der Waals surface area (Å²) in [6.07, 6.45) is 0. The number of hydrogen-bond donors (Lipinski definition) is 1. The van der Waals surface area contributed by atoms with Crippen molar-refractivity contribution in [2.75, 3.05) is 23.3 Å². The lowest BCUT2D eigenvalue weighted by Crippen LogP contribution is -2.21. The van der Waals surface area contributed by atoms with E-state index in [1.165, 1.54) is 0 Å². The summed E-state index contributed by atoms with van der Waals surface area (Å²) in [4.78, 5) is 19.0. The van der Waals surface area contributed by atoms with Gasteiger partial charge in [0.2, 0.25) is 5.76 Å². The number of aryl methyl sites for hydroxylation is 1. The Labute approximate surface area is 137 Å². The third-order valence-corrected chi connectivity index (χ3v) is 3.77. The Morgan fingerprint density at radius 1 is 1.22 bits per heavy atom. The molecule has 5 heteroatoms. The molecule has 0 radical (unpaired) electrons. The molecule has 0 aliphatic heterocycles. The van der Waals surface area contributed by atoms with Crippen molar-refractivity contribution in [2.45, 2.75) is 40.5 Å². The fourth-order valence-electron chi connectivity index (χ4n) is 2.53. The van der Waals surface area contributed by atoms with Crippen molar-refractivity contribution in [2.24, 2.45) is 0 Å². The summed E-state index contributed by atoms with van der Waals surface area (Å²) in [5.41, 5.74) is 2.58. The first-order valence-electron chi connectivity index (χ1n) is 8.09. The number of nitrogens with one attached hydrogen (secondary N) is 1. The van der Waals surface area contributed by atoms with E-state index in [1.54, 1.807) is 6.92 Å². The molecular formula is C18H25N3O2. The largest absolute Gasteiger partial charge is 0.436 e. The number of carbonyl (C=O) groups is 1. The fourth-order valence-corrected chi connectivity index (χ4v) is 2.53. The minimum Gasteiger partial charge on any atom is -0.436 e. The number of carbonyl (C=O) groups excluding carboxylic acids is 1. The molecule has 0 bridgehead atoms. The molecule has 2 aromatic rings. The van der Waals surface area contributed by atoms with Gasteiger partial charge in [-0.1, -0.05) is 13.8 Å². The van der Waals surface area contributed by atoms with Crippen molar-refractivity contribution in [3.63, 3.8) is 0 Å². The molecule has 23 heavy (non-hydrogen) atoms. The summed E-state index contributed by atoms with van der Waals surface area (Å²) >= 11 is 0. The monoisotopic (exact) mass is 315 g/mol. The number of aromatic nitrogens is 1. The van der Waals surface area contributed by atoms with Gasteiger partial charge in [-0.25, -0.2) is 4.98 Å². The van der Waals surface area contributed by atoms with E-state index >= 15 is 0 Å². The molecule has 1 heterocycles. The van der Waals surface area contributed by atoms with E-state index in [4.69, 9.17) is 4.42 Å². The second-order valence-corrected chi connectivity index (χ2v) is 5.78. The van der Waals surface area contributed by atoms with Gasteiger partial charge >= 0.3 is 0 Å². The average Bonchev–Trinajstić information content (AvgIpc) is 2.92. The first kappa shape index (κ1) is 17.1. The maximum atomic E-state index is 12.4. The van der Waals surface area contributed by atoms with Gasteiger partial charge in [0.25, 0.3) is 5.91 Å². The molecule has 0 atom stereocenters. The zero-order valence-corrected chi connectivity index (χ0v) is 14.5. The Kier molecular flexibility index (Phi) is 5.42. The lowest BCUT2D eigenvalue weighted by molar-refractivity contribution is 0.0993. The van der Waals surface area contributed by atoms with E-state index in [-0.39, 0.29) is 11.8 Å². The summed E-state index contributed by atoms with van der Waals surface area (Å²) in [6.45, 7) is 11.9. The van der Waals surface area contributed by atoms with Gasteiger partial charge in [-0.3, -0.25) is 4.79 Å². The molecule has 1 amide bonds. The highest BCUT2D eigenvalue weighted by molar-refractivity contribution is 6.03. The first-order chi connectivity index (χ1) is 11.0. The highest BCUT2D eigenvalue weighted by atomic mass is 16.4. The highest BCUT2D eigenvalue weighted by Gasteiger charge is 2.21. The minimum atomic E-state index is -0.259. The van der Waals surface area contributed by atoms with E-state index in [0.29, 0.717) is 17.3 Å². The van der Waals surface area contributed by atoms with Gasteiger partial charge in [0.05, 0.1) is 5.69 Å². The number of oxazole rings is 1. The molecule has 0 aliphatic rings. The topological polar surface area (TPSA) is 58.4 Å². The first-order valence-corrected chi connectivity index (χ1v) is 8.09.